The Labute approximate surface area is 112 Å². The van der Waals surface area contributed by atoms with Crippen molar-refractivity contribution in [3.8, 4) is 11.4 Å². The van der Waals surface area contributed by atoms with E-state index in [9.17, 15) is 4.39 Å². The lowest BCUT2D eigenvalue weighted by atomic mass is 10.1. The monoisotopic (exact) mass is 262 g/mol. The molecule has 0 aromatic carbocycles. The second kappa shape index (κ2) is 5.09. The summed E-state index contributed by atoms with van der Waals surface area (Å²) in [6.45, 7) is 7.03. The molecular formula is C14H19FN4. The van der Waals surface area contributed by atoms with E-state index in [1.54, 1.807) is 10.7 Å². The van der Waals surface area contributed by atoms with E-state index >= 15 is 0 Å². The van der Waals surface area contributed by atoms with Crippen LogP contribution in [0.25, 0.3) is 11.4 Å². The molecule has 0 atom stereocenters. The van der Waals surface area contributed by atoms with Gasteiger partial charge in [0.1, 0.15) is 11.5 Å². The summed E-state index contributed by atoms with van der Waals surface area (Å²) < 4.78 is 14.7. The highest BCUT2D eigenvalue weighted by Gasteiger charge is 2.14. The maximum atomic E-state index is 12.9. The van der Waals surface area contributed by atoms with Gasteiger partial charge >= 0.3 is 0 Å². The number of nitrogens with zero attached hydrogens (tertiary/aromatic N) is 3. The van der Waals surface area contributed by atoms with E-state index in [1.807, 2.05) is 13.2 Å². The van der Waals surface area contributed by atoms with E-state index < -0.39 is 0 Å². The third kappa shape index (κ3) is 3.61. The number of hydrogen-bond donors (Lipinski definition) is 1. The molecule has 0 unspecified atom stereocenters. The quantitative estimate of drug-likeness (QED) is 0.924. The first kappa shape index (κ1) is 13.7. The van der Waals surface area contributed by atoms with Gasteiger partial charge in [-0.2, -0.15) is 5.10 Å². The van der Waals surface area contributed by atoms with Gasteiger partial charge < -0.3 is 5.32 Å². The standard InChI is InChI=1S/C14H19FN4/c1-14(2,3)17-7-10-9-19(4)18-13(10)12-6-5-11(15)8-16-12/h5-6,8-9,17H,7H2,1-4H3. The summed E-state index contributed by atoms with van der Waals surface area (Å²) in [5.41, 5.74) is 2.56. The molecule has 5 heteroatoms. The summed E-state index contributed by atoms with van der Waals surface area (Å²) in [5.74, 6) is -0.339. The molecule has 0 fully saturated rings. The lowest BCUT2D eigenvalue weighted by Gasteiger charge is -2.20. The van der Waals surface area contributed by atoms with Crippen LogP contribution in [0.3, 0.4) is 0 Å². The highest BCUT2D eigenvalue weighted by atomic mass is 19.1. The van der Waals surface area contributed by atoms with Crippen LogP contribution in [0.2, 0.25) is 0 Å². The fraction of sp³-hybridized carbons (Fsp3) is 0.429. The molecule has 2 aromatic heterocycles. The van der Waals surface area contributed by atoms with Gasteiger partial charge in [0, 0.05) is 30.9 Å². The molecule has 0 saturated heterocycles. The van der Waals surface area contributed by atoms with Crippen LogP contribution < -0.4 is 5.32 Å². The van der Waals surface area contributed by atoms with Crippen LogP contribution in [0.4, 0.5) is 4.39 Å². The second-order valence-corrected chi connectivity index (χ2v) is 5.64. The van der Waals surface area contributed by atoms with Crippen molar-refractivity contribution < 1.29 is 4.39 Å². The second-order valence-electron chi connectivity index (χ2n) is 5.64. The number of aryl methyl sites for hydroxylation is 1. The molecule has 1 N–H and O–H groups in total. The fourth-order valence-corrected chi connectivity index (χ4v) is 1.76. The molecule has 0 amide bonds. The van der Waals surface area contributed by atoms with Gasteiger partial charge in [0.25, 0.3) is 0 Å². The zero-order valence-corrected chi connectivity index (χ0v) is 11.7. The molecule has 2 heterocycles. The van der Waals surface area contributed by atoms with Gasteiger partial charge in [-0.05, 0) is 32.9 Å². The van der Waals surface area contributed by atoms with E-state index in [0.717, 1.165) is 11.3 Å². The zero-order chi connectivity index (χ0) is 14.0. The van der Waals surface area contributed by atoms with Crippen LogP contribution in [0, 0.1) is 5.82 Å². The number of nitrogens with one attached hydrogen (secondary N) is 1. The van der Waals surface area contributed by atoms with Crippen LogP contribution in [0.5, 0.6) is 0 Å². The Kier molecular flexibility index (Phi) is 3.66. The van der Waals surface area contributed by atoms with E-state index in [0.29, 0.717) is 12.2 Å². The molecule has 102 valence electrons. The highest BCUT2D eigenvalue weighted by Crippen LogP contribution is 2.20. The Balaban J connectivity index is 2.28. The molecule has 2 aromatic rings. The molecule has 0 aliphatic carbocycles. The highest BCUT2D eigenvalue weighted by molar-refractivity contribution is 5.58. The number of pyridine rings is 1. The third-order valence-electron chi connectivity index (χ3n) is 2.68. The molecule has 0 aliphatic rings. The molecule has 2 rings (SSSR count). The molecule has 0 bridgehead atoms. The van der Waals surface area contributed by atoms with Crippen molar-refractivity contribution in [1.82, 2.24) is 20.1 Å². The molecule has 0 radical (unpaired) electrons. The van der Waals surface area contributed by atoms with Crippen LogP contribution in [-0.4, -0.2) is 20.3 Å². The van der Waals surface area contributed by atoms with E-state index in [2.05, 4.69) is 36.2 Å². The Hall–Kier alpha value is -1.75. The Bertz CT molecular complexity index is 552. The Morgan fingerprint density at radius 1 is 1.32 bits per heavy atom. The lowest BCUT2D eigenvalue weighted by molar-refractivity contribution is 0.424. The summed E-state index contributed by atoms with van der Waals surface area (Å²) in [6, 6.07) is 3.05. The van der Waals surface area contributed by atoms with Crippen molar-refractivity contribution in [2.45, 2.75) is 32.9 Å². The first-order valence-electron chi connectivity index (χ1n) is 6.24. The summed E-state index contributed by atoms with van der Waals surface area (Å²) in [6.07, 6.45) is 3.17. The normalized spacial score (nSPS) is 11.8. The van der Waals surface area contributed by atoms with Crippen molar-refractivity contribution in [2.24, 2.45) is 7.05 Å². The minimum atomic E-state index is -0.339. The van der Waals surface area contributed by atoms with Gasteiger partial charge in [-0.25, -0.2) is 4.39 Å². The van der Waals surface area contributed by atoms with Gasteiger partial charge in [0.05, 0.1) is 11.9 Å². The number of hydrogen-bond acceptors (Lipinski definition) is 3. The van der Waals surface area contributed by atoms with Gasteiger partial charge in [0.2, 0.25) is 0 Å². The molecule has 19 heavy (non-hydrogen) atoms. The van der Waals surface area contributed by atoms with Crippen molar-refractivity contribution in [3.63, 3.8) is 0 Å². The first-order chi connectivity index (χ1) is 8.85. The van der Waals surface area contributed by atoms with E-state index in [4.69, 9.17) is 0 Å². The van der Waals surface area contributed by atoms with Gasteiger partial charge in [-0.15, -0.1) is 0 Å². The van der Waals surface area contributed by atoms with Crippen molar-refractivity contribution in [3.05, 3.63) is 35.9 Å². The molecule has 0 saturated carbocycles. The molecule has 0 spiro atoms. The number of aromatic nitrogens is 3. The average molecular weight is 262 g/mol. The van der Waals surface area contributed by atoms with Crippen LogP contribution in [0.15, 0.2) is 24.5 Å². The zero-order valence-electron chi connectivity index (χ0n) is 11.7. The smallest absolute Gasteiger partial charge is 0.141 e. The largest absolute Gasteiger partial charge is 0.308 e. The Morgan fingerprint density at radius 3 is 2.63 bits per heavy atom. The Morgan fingerprint density at radius 2 is 2.05 bits per heavy atom. The summed E-state index contributed by atoms with van der Waals surface area (Å²) in [4.78, 5) is 4.09. The van der Waals surface area contributed by atoms with Crippen molar-refractivity contribution in [2.75, 3.05) is 0 Å². The van der Waals surface area contributed by atoms with Gasteiger partial charge in [0.15, 0.2) is 0 Å². The van der Waals surface area contributed by atoms with Crippen LogP contribution in [0.1, 0.15) is 26.3 Å². The topological polar surface area (TPSA) is 42.7 Å². The third-order valence-corrected chi connectivity index (χ3v) is 2.68. The maximum absolute atomic E-state index is 12.9. The van der Waals surface area contributed by atoms with Gasteiger partial charge in [-0.3, -0.25) is 9.67 Å². The van der Waals surface area contributed by atoms with Crippen molar-refractivity contribution >= 4 is 0 Å². The van der Waals surface area contributed by atoms with E-state index in [1.165, 1.54) is 12.3 Å². The molecular weight excluding hydrogens is 243 g/mol. The van der Waals surface area contributed by atoms with E-state index in [-0.39, 0.29) is 11.4 Å². The number of rotatable bonds is 3. The molecule has 0 aliphatic heterocycles. The number of halogens is 1. The summed E-state index contributed by atoms with van der Waals surface area (Å²) >= 11 is 0. The van der Waals surface area contributed by atoms with Crippen LogP contribution in [-0.2, 0) is 13.6 Å². The van der Waals surface area contributed by atoms with Crippen molar-refractivity contribution in [1.29, 1.82) is 0 Å². The summed E-state index contributed by atoms with van der Waals surface area (Å²) in [7, 11) is 1.87. The predicted octanol–water partition coefficient (Wildman–Crippen LogP) is 2.51. The molecule has 4 nitrogen and oxygen atoms in total. The fourth-order valence-electron chi connectivity index (χ4n) is 1.76. The first-order valence-corrected chi connectivity index (χ1v) is 6.24. The minimum Gasteiger partial charge on any atom is -0.308 e. The SMILES string of the molecule is Cn1cc(CNC(C)(C)C)c(-c2ccc(F)cn2)n1. The van der Waals surface area contributed by atoms with Crippen LogP contribution >= 0.6 is 0 Å². The average Bonchev–Trinajstić information content (AvgIpc) is 2.68. The van der Waals surface area contributed by atoms with Gasteiger partial charge in [-0.1, -0.05) is 0 Å². The minimum absolute atomic E-state index is 0.0311. The predicted molar refractivity (Wildman–Crippen MR) is 73.0 cm³/mol. The lowest BCUT2D eigenvalue weighted by Crippen LogP contribution is -2.35. The maximum Gasteiger partial charge on any atom is 0.141 e. The summed E-state index contributed by atoms with van der Waals surface area (Å²) in [5, 5.41) is 7.82.